The van der Waals surface area contributed by atoms with Crippen LogP contribution in [0.15, 0.2) is 42.6 Å². The minimum absolute atomic E-state index is 0.250. The zero-order valence-electron chi connectivity index (χ0n) is 17.7. The van der Waals surface area contributed by atoms with Crippen LogP contribution in [0.2, 0.25) is 0 Å². The van der Waals surface area contributed by atoms with Crippen LogP contribution in [0.3, 0.4) is 0 Å². The second-order valence-corrected chi connectivity index (χ2v) is 8.01. The molecule has 0 bridgehead atoms. The molecule has 0 aliphatic heterocycles. The SMILES string of the molecule is Cc1cc(NC(=O)c2nnn(-c3ccc(-c4c(C)n[nH]c4C)cc3)c2C2CC2)ccn1. The molecule has 8 heteroatoms. The van der Waals surface area contributed by atoms with Gasteiger partial charge in [0.15, 0.2) is 5.69 Å². The number of rotatable bonds is 5. The molecule has 0 spiro atoms. The first-order chi connectivity index (χ1) is 15.0. The lowest BCUT2D eigenvalue weighted by molar-refractivity contribution is 0.102. The van der Waals surface area contributed by atoms with Gasteiger partial charge in [0.25, 0.3) is 5.91 Å². The number of aromatic nitrogens is 6. The summed E-state index contributed by atoms with van der Waals surface area (Å²) in [5.74, 6) is 0.0491. The van der Waals surface area contributed by atoms with E-state index in [9.17, 15) is 4.79 Å². The first-order valence-corrected chi connectivity index (χ1v) is 10.3. The van der Waals surface area contributed by atoms with Gasteiger partial charge in [-0.25, -0.2) is 4.68 Å². The topological polar surface area (TPSA) is 101 Å². The Hall–Kier alpha value is -3.81. The standard InChI is InChI=1S/C23H23N7O/c1-13-12-18(10-11-24-13)25-23(31)21-22(17-4-5-17)30(29-28-21)19-8-6-16(7-9-19)20-14(2)26-27-15(20)3/h6-12,17H,4-5H2,1-3H3,(H,26,27)(H,24,25,31). The van der Waals surface area contributed by atoms with E-state index in [0.717, 1.165) is 52.4 Å². The van der Waals surface area contributed by atoms with Gasteiger partial charge in [-0.3, -0.25) is 14.9 Å². The van der Waals surface area contributed by atoms with E-state index in [1.54, 1.807) is 16.9 Å². The average molecular weight is 413 g/mol. The number of hydrogen-bond donors (Lipinski definition) is 2. The molecule has 0 saturated heterocycles. The van der Waals surface area contributed by atoms with Crippen LogP contribution in [0.25, 0.3) is 16.8 Å². The van der Waals surface area contributed by atoms with Crippen molar-refractivity contribution < 1.29 is 4.79 Å². The van der Waals surface area contributed by atoms with Gasteiger partial charge in [0, 0.05) is 34.8 Å². The van der Waals surface area contributed by atoms with E-state index in [2.05, 4.69) is 42.9 Å². The van der Waals surface area contributed by atoms with Gasteiger partial charge in [-0.1, -0.05) is 17.3 Å². The van der Waals surface area contributed by atoms with Crippen LogP contribution in [0, 0.1) is 20.8 Å². The number of amides is 1. The van der Waals surface area contributed by atoms with Crippen LogP contribution in [-0.2, 0) is 0 Å². The lowest BCUT2D eigenvalue weighted by Gasteiger charge is -2.09. The maximum atomic E-state index is 12.9. The van der Waals surface area contributed by atoms with Crippen LogP contribution in [0.1, 0.15) is 52.0 Å². The van der Waals surface area contributed by atoms with Crippen LogP contribution in [-0.4, -0.2) is 36.1 Å². The van der Waals surface area contributed by atoms with Crippen molar-refractivity contribution in [3.63, 3.8) is 0 Å². The molecule has 3 aromatic heterocycles. The van der Waals surface area contributed by atoms with Gasteiger partial charge in [-0.15, -0.1) is 5.10 Å². The molecule has 5 rings (SSSR count). The van der Waals surface area contributed by atoms with Crippen molar-refractivity contribution in [3.05, 3.63) is 71.1 Å². The van der Waals surface area contributed by atoms with Gasteiger partial charge < -0.3 is 5.32 Å². The summed E-state index contributed by atoms with van der Waals surface area (Å²) in [6.45, 7) is 5.89. The van der Waals surface area contributed by atoms with Crippen LogP contribution in [0.4, 0.5) is 5.69 Å². The minimum atomic E-state index is -0.250. The highest BCUT2D eigenvalue weighted by Gasteiger charge is 2.34. The van der Waals surface area contributed by atoms with Crippen molar-refractivity contribution in [3.8, 4) is 16.8 Å². The molecule has 1 aromatic carbocycles. The van der Waals surface area contributed by atoms with Gasteiger partial charge in [0.05, 0.1) is 17.1 Å². The maximum Gasteiger partial charge on any atom is 0.278 e. The summed E-state index contributed by atoms with van der Waals surface area (Å²) in [5, 5.41) is 18.8. The molecule has 156 valence electrons. The van der Waals surface area contributed by atoms with E-state index < -0.39 is 0 Å². The molecule has 8 nitrogen and oxygen atoms in total. The van der Waals surface area contributed by atoms with E-state index in [-0.39, 0.29) is 5.91 Å². The highest BCUT2D eigenvalue weighted by molar-refractivity contribution is 6.03. The summed E-state index contributed by atoms with van der Waals surface area (Å²) >= 11 is 0. The zero-order chi connectivity index (χ0) is 21.5. The lowest BCUT2D eigenvalue weighted by atomic mass is 10.0. The molecular weight excluding hydrogens is 390 g/mol. The molecule has 0 atom stereocenters. The van der Waals surface area contributed by atoms with Gasteiger partial charge in [-0.05, 0) is 63.4 Å². The molecule has 2 N–H and O–H groups in total. The van der Waals surface area contributed by atoms with Crippen molar-refractivity contribution in [2.24, 2.45) is 0 Å². The fourth-order valence-electron chi connectivity index (χ4n) is 3.92. The number of H-pyrrole nitrogens is 1. The summed E-state index contributed by atoms with van der Waals surface area (Å²) in [7, 11) is 0. The number of aryl methyl sites for hydroxylation is 3. The first-order valence-electron chi connectivity index (χ1n) is 10.3. The van der Waals surface area contributed by atoms with Crippen molar-refractivity contribution in [1.82, 2.24) is 30.2 Å². The number of carbonyl (C=O) groups is 1. The Kier molecular flexibility index (Phi) is 4.62. The number of carbonyl (C=O) groups excluding carboxylic acids is 1. The molecule has 1 saturated carbocycles. The molecule has 4 aromatic rings. The fourth-order valence-corrected chi connectivity index (χ4v) is 3.92. The Morgan fingerprint density at radius 3 is 2.55 bits per heavy atom. The van der Waals surface area contributed by atoms with E-state index in [1.165, 1.54) is 0 Å². The van der Waals surface area contributed by atoms with E-state index in [0.29, 0.717) is 17.3 Å². The molecule has 0 radical (unpaired) electrons. The third kappa shape index (κ3) is 3.61. The number of pyridine rings is 1. The molecule has 31 heavy (non-hydrogen) atoms. The smallest absolute Gasteiger partial charge is 0.278 e. The Morgan fingerprint density at radius 2 is 1.90 bits per heavy atom. The molecule has 3 heterocycles. The third-order valence-corrected chi connectivity index (χ3v) is 5.57. The minimum Gasteiger partial charge on any atom is -0.320 e. The zero-order valence-corrected chi connectivity index (χ0v) is 17.7. The van der Waals surface area contributed by atoms with E-state index >= 15 is 0 Å². The lowest BCUT2D eigenvalue weighted by Crippen LogP contribution is -2.15. The summed E-state index contributed by atoms with van der Waals surface area (Å²) < 4.78 is 1.79. The number of nitrogens with zero attached hydrogens (tertiary/aromatic N) is 5. The number of benzene rings is 1. The molecule has 1 amide bonds. The van der Waals surface area contributed by atoms with Crippen LogP contribution < -0.4 is 5.32 Å². The molecule has 1 fully saturated rings. The largest absolute Gasteiger partial charge is 0.320 e. The Balaban J connectivity index is 1.47. The highest BCUT2D eigenvalue weighted by atomic mass is 16.2. The summed E-state index contributed by atoms with van der Waals surface area (Å²) in [6.07, 6.45) is 3.75. The Bertz CT molecular complexity index is 1250. The van der Waals surface area contributed by atoms with Gasteiger partial charge in [0.2, 0.25) is 0 Å². The normalized spacial score (nSPS) is 13.4. The van der Waals surface area contributed by atoms with Crippen molar-refractivity contribution in [1.29, 1.82) is 0 Å². The Morgan fingerprint density at radius 1 is 1.13 bits per heavy atom. The highest BCUT2D eigenvalue weighted by Crippen LogP contribution is 2.42. The monoisotopic (exact) mass is 413 g/mol. The average Bonchev–Trinajstić information content (AvgIpc) is 3.41. The molecule has 1 aliphatic rings. The second-order valence-electron chi connectivity index (χ2n) is 8.01. The van der Waals surface area contributed by atoms with Crippen LogP contribution >= 0.6 is 0 Å². The Labute approximate surface area is 179 Å². The summed E-state index contributed by atoms with van der Waals surface area (Å²) in [6, 6.07) is 11.7. The van der Waals surface area contributed by atoms with E-state index in [4.69, 9.17) is 0 Å². The van der Waals surface area contributed by atoms with Crippen molar-refractivity contribution in [2.45, 2.75) is 39.5 Å². The summed E-state index contributed by atoms with van der Waals surface area (Å²) in [5.41, 5.74) is 7.87. The first kappa shape index (κ1) is 19.2. The second kappa shape index (κ2) is 7.46. The fraction of sp³-hybridized carbons (Fsp3) is 0.261. The molecule has 0 unspecified atom stereocenters. The van der Waals surface area contributed by atoms with Gasteiger partial charge in [-0.2, -0.15) is 5.10 Å². The predicted octanol–water partition coefficient (Wildman–Crippen LogP) is 4.11. The maximum absolute atomic E-state index is 12.9. The quantitative estimate of drug-likeness (QED) is 0.513. The molecular formula is C23H23N7O. The van der Waals surface area contributed by atoms with E-state index in [1.807, 2.05) is 39.0 Å². The van der Waals surface area contributed by atoms with Crippen molar-refractivity contribution in [2.75, 3.05) is 5.32 Å². The van der Waals surface area contributed by atoms with Crippen molar-refractivity contribution >= 4 is 11.6 Å². The third-order valence-electron chi connectivity index (χ3n) is 5.57. The van der Waals surface area contributed by atoms with Gasteiger partial charge in [0.1, 0.15) is 0 Å². The summed E-state index contributed by atoms with van der Waals surface area (Å²) in [4.78, 5) is 17.1. The number of hydrogen-bond acceptors (Lipinski definition) is 5. The number of aromatic amines is 1. The van der Waals surface area contributed by atoms with Crippen LogP contribution in [0.5, 0.6) is 0 Å². The predicted molar refractivity (Wildman–Crippen MR) is 117 cm³/mol. The number of anilines is 1. The molecule has 1 aliphatic carbocycles. The number of nitrogens with one attached hydrogen (secondary N) is 2. The van der Waals surface area contributed by atoms with Gasteiger partial charge >= 0.3 is 0 Å².